The number of piperidine rings is 1. The molecule has 2 fully saturated rings. The van der Waals surface area contributed by atoms with E-state index in [2.05, 4.69) is 0 Å². The van der Waals surface area contributed by atoms with Gasteiger partial charge in [-0.15, -0.1) is 0 Å². The number of amides is 1. The summed E-state index contributed by atoms with van der Waals surface area (Å²) in [6, 6.07) is -0.615. The fourth-order valence-electron chi connectivity index (χ4n) is 2.79. The molecule has 0 spiro atoms. The summed E-state index contributed by atoms with van der Waals surface area (Å²) in [5, 5.41) is 9.12. The van der Waals surface area contributed by atoms with Gasteiger partial charge in [-0.3, -0.25) is 4.79 Å². The van der Waals surface area contributed by atoms with Crippen LogP contribution in [-0.4, -0.2) is 47.2 Å². The number of ether oxygens (including phenoxy) is 1. The Kier molecular flexibility index (Phi) is 4.58. The Labute approximate surface area is 107 Å². The second-order valence-electron chi connectivity index (χ2n) is 5.11. The third-order valence-corrected chi connectivity index (χ3v) is 3.81. The van der Waals surface area contributed by atoms with E-state index >= 15 is 0 Å². The van der Waals surface area contributed by atoms with Crippen molar-refractivity contribution in [3.05, 3.63) is 0 Å². The minimum absolute atomic E-state index is 0.0300. The van der Waals surface area contributed by atoms with Crippen LogP contribution in [-0.2, 0) is 14.3 Å². The molecule has 2 aliphatic heterocycles. The van der Waals surface area contributed by atoms with Crippen molar-refractivity contribution in [1.29, 1.82) is 0 Å². The predicted molar refractivity (Wildman–Crippen MR) is 65.2 cm³/mol. The molecule has 2 heterocycles. The number of hydrogen-bond acceptors (Lipinski definition) is 3. The second-order valence-corrected chi connectivity index (χ2v) is 5.11. The van der Waals surface area contributed by atoms with Gasteiger partial charge in [0.15, 0.2) is 0 Å². The number of carbonyl (C=O) groups excluding carboxylic acids is 1. The molecule has 0 radical (unpaired) electrons. The van der Waals surface area contributed by atoms with E-state index in [1.165, 1.54) is 0 Å². The molecule has 0 saturated carbocycles. The average molecular weight is 255 g/mol. The molecule has 0 bridgehead atoms. The van der Waals surface area contributed by atoms with Gasteiger partial charge in [0.2, 0.25) is 5.91 Å². The Morgan fingerprint density at radius 2 is 2.06 bits per heavy atom. The lowest BCUT2D eigenvalue weighted by atomic mass is 10.0. The minimum atomic E-state index is -0.875. The molecule has 0 aliphatic carbocycles. The molecule has 18 heavy (non-hydrogen) atoms. The molecule has 0 aromatic rings. The van der Waals surface area contributed by atoms with E-state index in [9.17, 15) is 9.59 Å². The van der Waals surface area contributed by atoms with Crippen LogP contribution in [0.1, 0.15) is 44.9 Å². The Morgan fingerprint density at radius 1 is 1.22 bits per heavy atom. The molecular weight excluding hydrogens is 234 g/mol. The number of carboxylic acid groups (broad SMARTS) is 1. The second kappa shape index (κ2) is 6.18. The average Bonchev–Trinajstić information content (AvgIpc) is 2.89. The summed E-state index contributed by atoms with van der Waals surface area (Å²) in [4.78, 5) is 24.7. The van der Waals surface area contributed by atoms with Crippen molar-refractivity contribution in [2.24, 2.45) is 0 Å². The third kappa shape index (κ3) is 3.22. The van der Waals surface area contributed by atoms with E-state index in [1.54, 1.807) is 4.90 Å². The van der Waals surface area contributed by atoms with Crippen LogP contribution in [0.4, 0.5) is 0 Å². The maximum absolute atomic E-state index is 12.1. The van der Waals surface area contributed by atoms with Gasteiger partial charge >= 0.3 is 5.97 Å². The van der Waals surface area contributed by atoms with Gasteiger partial charge in [0.05, 0.1) is 6.10 Å². The summed E-state index contributed by atoms with van der Waals surface area (Å²) >= 11 is 0. The standard InChI is InChI=1S/C13H21NO4/c15-12(7-6-10-4-3-9-18-10)14-8-2-1-5-11(14)13(16)17/h10-11H,1-9H2,(H,16,17). The number of rotatable bonds is 4. The Morgan fingerprint density at radius 3 is 2.72 bits per heavy atom. The lowest BCUT2D eigenvalue weighted by Crippen LogP contribution is -2.48. The minimum Gasteiger partial charge on any atom is -0.480 e. The third-order valence-electron chi connectivity index (χ3n) is 3.81. The van der Waals surface area contributed by atoms with Crippen molar-refractivity contribution in [3.8, 4) is 0 Å². The highest BCUT2D eigenvalue weighted by molar-refractivity contribution is 5.83. The molecule has 0 aromatic carbocycles. The topological polar surface area (TPSA) is 66.8 Å². The zero-order valence-corrected chi connectivity index (χ0v) is 10.6. The molecule has 2 atom stereocenters. The smallest absolute Gasteiger partial charge is 0.326 e. The van der Waals surface area contributed by atoms with Crippen LogP contribution in [0.2, 0.25) is 0 Å². The molecule has 102 valence electrons. The van der Waals surface area contributed by atoms with Gasteiger partial charge in [-0.05, 0) is 38.5 Å². The summed E-state index contributed by atoms with van der Waals surface area (Å²) in [6.45, 7) is 1.38. The monoisotopic (exact) mass is 255 g/mol. The maximum atomic E-state index is 12.1. The van der Waals surface area contributed by atoms with Gasteiger partial charge in [-0.2, -0.15) is 0 Å². The highest BCUT2D eigenvalue weighted by Crippen LogP contribution is 2.21. The van der Waals surface area contributed by atoms with Crippen LogP contribution >= 0.6 is 0 Å². The van der Waals surface area contributed by atoms with Gasteiger partial charge in [-0.25, -0.2) is 4.79 Å². The fourth-order valence-corrected chi connectivity index (χ4v) is 2.79. The number of carboxylic acids is 1. The number of likely N-dealkylation sites (tertiary alicyclic amines) is 1. The first-order valence-corrected chi connectivity index (χ1v) is 6.82. The number of carbonyl (C=O) groups is 2. The Bertz CT molecular complexity index is 312. The molecule has 1 N–H and O–H groups in total. The number of aliphatic carboxylic acids is 1. The first-order valence-electron chi connectivity index (χ1n) is 6.82. The lowest BCUT2D eigenvalue weighted by Gasteiger charge is -2.33. The maximum Gasteiger partial charge on any atom is 0.326 e. The zero-order chi connectivity index (χ0) is 13.0. The summed E-state index contributed by atoms with van der Waals surface area (Å²) in [6.07, 6.45) is 5.82. The fraction of sp³-hybridized carbons (Fsp3) is 0.846. The van der Waals surface area contributed by atoms with Gasteiger partial charge in [0, 0.05) is 19.6 Å². The summed E-state index contributed by atoms with van der Waals surface area (Å²) in [5.41, 5.74) is 0. The molecular formula is C13H21NO4. The summed E-state index contributed by atoms with van der Waals surface area (Å²) in [7, 11) is 0. The van der Waals surface area contributed by atoms with Crippen LogP contribution in [0.3, 0.4) is 0 Å². The summed E-state index contributed by atoms with van der Waals surface area (Å²) < 4.78 is 5.48. The van der Waals surface area contributed by atoms with Crippen LogP contribution in [0.15, 0.2) is 0 Å². The Hall–Kier alpha value is -1.10. The highest BCUT2D eigenvalue weighted by atomic mass is 16.5. The SMILES string of the molecule is O=C(O)C1CCCCN1C(=O)CCC1CCCO1. The first kappa shape index (κ1) is 13.3. The van der Waals surface area contributed by atoms with Crippen molar-refractivity contribution < 1.29 is 19.4 Å². The van der Waals surface area contributed by atoms with Crippen molar-refractivity contribution in [2.45, 2.75) is 57.1 Å². The summed E-state index contributed by atoms with van der Waals surface area (Å²) in [5.74, 6) is -0.905. The first-order chi connectivity index (χ1) is 8.68. The molecule has 5 nitrogen and oxygen atoms in total. The molecule has 2 unspecified atom stereocenters. The molecule has 0 aromatic heterocycles. The van der Waals surface area contributed by atoms with E-state index < -0.39 is 12.0 Å². The van der Waals surface area contributed by atoms with Crippen LogP contribution in [0.25, 0.3) is 0 Å². The zero-order valence-electron chi connectivity index (χ0n) is 10.6. The van der Waals surface area contributed by atoms with E-state index in [1.807, 2.05) is 0 Å². The van der Waals surface area contributed by atoms with E-state index in [4.69, 9.17) is 9.84 Å². The number of hydrogen-bond donors (Lipinski definition) is 1. The normalized spacial score (nSPS) is 28.3. The van der Waals surface area contributed by atoms with Gasteiger partial charge in [-0.1, -0.05) is 0 Å². The van der Waals surface area contributed by atoms with Crippen LogP contribution < -0.4 is 0 Å². The molecule has 1 amide bonds. The molecule has 5 heteroatoms. The van der Waals surface area contributed by atoms with Gasteiger partial charge < -0.3 is 14.7 Å². The lowest BCUT2D eigenvalue weighted by molar-refractivity contribution is -0.152. The highest BCUT2D eigenvalue weighted by Gasteiger charge is 2.32. The Balaban J connectivity index is 1.83. The van der Waals surface area contributed by atoms with E-state index in [0.717, 1.165) is 38.7 Å². The van der Waals surface area contributed by atoms with Crippen molar-refractivity contribution >= 4 is 11.9 Å². The largest absolute Gasteiger partial charge is 0.480 e. The molecule has 2 rings (SSSR count). The number of nitrogens with zero attached hydrogens (tertiary/aromatic N) is 1. The molecule has 2 saturated heterocycles. The predicted octanol–water partition coefficient (Wildman–Crippen LogP) is 1.41. The quantitative estimate of drug-likeness (QED) is 0.824. The molecule has 2 aliphatic rings. The van der Waals surface area contributed by atoms with Crippen molar-refractivity contribution in [2.75, 3.05) is 13.2 Å². The van der Waals surface area contributed by atoms with Crippen molar-refractivity contribution in [3.63, 3.8) is 0 Å². The van der Waals surface area contributed by atoms with Gasteiger partial charge in [0.25, 0.3) is 0 Å². The van der Waals surface area contributed by atoms with Crippen LogP contribution in [0, 0.1) is 0 Å². The van der Waals surface area contributed by atoms with Gasteiger partial charge in [0.1, 0.15) is 6.04 Å². The van der Waals surface area contributed by atoms with E-state index in [0.29, 0.717) is 19.4 Å². The van der Waals surface area contributed by atoms with Crippen molar-refractivity contribution in [1.82, 2.24) is 4.90 Å². The van der Waals surface area contributed by atoms with Crippen LogP contribution in [0.5, 0.6) is 0 Å². The van der Waals surface area contributed by atoms with E-state index in [-0.39, 0.29) is 12.0 Å².